The molecule has 0 fully saturated rings. The standard InChI is InChI=1S/C17H16N2O4S3.C13H13BrO4S3/c1-25(20,21)15-8-13(12-4-6-19-7-5-12)9-16(10-15)26(22,23)17-3-2-14(11-18)24-17;1-3-10-4-5-13(19-10)21(17,18)12-7-9(14)6-11(8-12)20(2,15)16/h2-10H,11,18H2,1H3;4-8H,3H2,1-2H3. The number of halogens is 1. The Kier molecular flexibility index (Phi) is 11.3. The first-order valence-corrected chi connectivity index (χ1v) is 22.7. The number of nitrogens with two attached hydrogens (primary N) is 1. The molecule has 0 saturated heterocycles. The minimum atomic E-state index is -3.86. The average molecular weight is 818 g/mol. The van der Waals surface area contributed by atoms with Crippen molar-refractivity contribution in [1.82, 2.24) is 4.98 Å². The quantitative estimate of drug-likeness (QED) is 0.191. The van der Waals surface area contributed by atoms with Gasteiger partial charge < -0.3 is 5.73 Å². The summed E-state index contributed by atoms with van der Waals surface area (Å²) in [6.45, 7) is 2.19. The fourth-order valence-electron chi connectivity index (χ4n) is 4.10. The van der Waals surface area contributed by atoms with E-state index in [2.05, 4.69) is 20.9 Å². The van der Waals surface area contributed by atoms with Crippen LogP contribution in [0.5, 0.6) is 0 Å². The van der Waals surface area contributed by atoms with E-state index in [1.54, 1.807) is 42.7 Å². The summed E-state index contributed by atoms with van der Waals surface area (Å²) in [5, 5.41) is 0. The highest BCUT2D eigenvalue weighted by Crippen LogP contribution is 2.33. The monoisotopic (exact) mass is 816 g/mol. The van der Waals surface area contributed by atoms with Gasteiger partial charge in [0.25, 0.3) is 0 Å². The van der Waals surface area contributed by atoms with Crippen molar-refractivity contribution < 1.29 is 33.7 Å². The SMILES string of the molecule is CCc1ccc(S(=O)(=O)c2cc(Br)cc(S(C)(=O)=O)c2)s1.CS(=O)(=O)c1cc(-c2ccncc2)cc(S(=O)(=O)c2ccc(CN)s2)c1. The van der Waals surface area contributed by atoms with E-state index in [-0.39, 0.29) is 34.5 Å². The van der Waals surface area contributed by atoms with Crippen LogP contribution in [0.15, 0.2) is 118 Å². The summed E-state index contributed by atoms with van der Waals surface area (Å²) in [4.78, 5) is 5.45. The number of aryl methyl sites for hydroxylation is 1. The van der Waals surface area contributed by atoms with Crippen molar-refractivity contribution in [2.45, 2.75) is 47.9 Å². The van der Waals surface area contributed by atoms with E-state index in [9.17, 15) is 33.7 Å². The topological polar surface area (TPSA) is 175 Å². The molecular formula is C30H29BrN2O8S6. The highest BCUT2D eigenvalue weighted by atomic mass is 79.9. The normalized spacial score (nSPS) is 12.4. The summed E-state index contributed by atoms with van der Waals surface area (Å²) < 4.78 is 99.3. The Labute approximate surface area is 291 Å². The van der Waals surface area contributed by atoms with Gasteiger partial charge >= 0.3 is 0 Å². The summed E-state index contributed by atoms with van der Waals surface area (Å²) in [7, 11) is -14.6. The molecule has 0 aliphatic heterocycles. The minimum absolute atomic E-state index is 0.0253. The second-order valence-corrected chi connectivity index (χ2v) is 21.7. The van der Waals surface area contributed by atoms with Crippen LogP contribution in [0, 0.1) is 0 Å². The van der Waals surface area contributed by atoms with Gasteiger partial charge in [-0.05, 0) is 90.3 Å². The Morgan fingerprint density at radius 1 is 0.617 bits per heavy atom. The zero-order valence-electron chi connectivity index (χ0n) is 25.1. The third kappa shape index (κ3) is 8.83. The molecule has 0 spiro atoms. The molecule has 2 N–H and O–H groups in total. The van der Waals surface area contributed by atoms with E-state index in [1.807, 2.05) is 6.92 Å². The maximum Gasteiger partial charge on any atom is 0.216 e. The van der Waals surface area contributed by atoms with Gasteiger partial charge in [0.1, 0.15) is 8.42 Å². The van der Waals surface area contributed by atoms with Crippen molar-refractivity contribution in [3.05, 3.63) is 99.4 Å². The third-order valence-electron chi connectivity index (χ3n) is 6.57. The Balaban J connectivity index is 0.000000218. The Bertz CT molecular complexity index is 2370. The average Bonchev–Trinajstić information content (AvgIpc) is 3.72. The van der Waals surface area contributed by atoms with Gasteiger partial charge in [0, 0.05) is 45.7 Å². The third-order valence-corrected chi connectivity index (χ3v) is 16.0. The lowest BCUT2D eigenvalue weighted by molar-refractivity contribution is 0.594. The molecule has 0 amide bonds. The molecule has 3 heterocycles. The van der Waals surface area contributed by atoms with Crippen LogP contribution in [0.1, 0.15) is 16.7 Å². The summed E-state index contributed by atoms with van der Waals surface area (Å²) in [6.07, 6.45) is 5.97. The second kappa shape index (κ2) is 14.4. The van der Waals surface area contributed by atoms with Crippen LogP contribution in [0.25, 0.3) is 11.1 Å². The summed E-state index contributed by atoms with van der Waals surface area (Å²) in [6, 6.07) is 18.0. The molecule has 47 heavy (non-hydrogen) atoms. The van der Waals surface area contributed by atoms with Crippen LogP contribution in [-0.4, -0.2) is 51.2 Å². The molecule has 0 bridgehead atoms. The lowest BCUT2D eigenvalue weighted by Gasteiger charge is -2.09. The van der Waals surface area contributed by atoms with E-state index >= 15 is 0 Å². The maximum absolute atomic E-state index is 13.0. The van der Waals surface area contributed by atoms with Gasteiger partial charge in [0.15, 0.2) is 19.7 Å². The molecular weight excluding hydrogens is 789 g/mol. The van der Waals surface area contributed by atoms with E-state index in [0.717, 1.165) is 40.0 Å². The number of sulfone groups is 4. The van der Waals surface area contributed by atoms with Crippen LogP contribution in [0.2, 0.25) is 0 Å². The van der Waals surface area contributed by atoms with Crippen molar-refractivity contribution in [3.63, 3.8) is 0 Å². The van der Waals surface area contributed by atoms with Gasteiger partial charge in [-0.3, -0.25) is 4.98 Å². The Morgan fingerprint density at radius 2 is 1.06 bits per heavy atom. The molecule has 0 aliphatic rings. The van der Waals surface area contributed by atoms with Crippen molar-refractivity contribution in [2.75, 3.05) is 12.5 Å². The molecule has 5 aromatic rings. The van der Waals surface area contributed by atoms with Gasteiger partial charge in [0.05, 0.1) is 19.6 Å². The fraction of sp³-hybridized carbons (Fsp3) is 0.167. The lowest BCUT2D eigenvalue weighted by atomic mass is 10.1. The zero-order valence-corrected chi connectivity index (χ0v) is 31.6. The Hall–Kier alpha value is -2.77. The van der Waals surface area contributed by atoms with Crippen molar-refractivity contribution >= 4 is 78.0 Å². The van der Waals surface area contributed by atoms with Gasteiger partial charge in [-0.2, -0.15) is 0 Å². The van der Waals surface area contributed by atoms with Crippen molar-refractivity contribution in [2.24, 2.45) is 5.73 Å². The number of hydrogen-bond acceptors (Lipinski definition) is 12. The predicted octanol–water partition coefficient (Wildman–Crippen LogP) is 5.81. The molecule has 10 nitrogen and oxygen atoms in total. The van der Waals surface area contributed by atoms with Crippen LogP contribution in [0.3, 0.4) is 0 Å². The predicted molar refractivity (Wildman–Crippen MR) is 187 cm³/mol. The molecule has 250 valence electrons. The fourth-order valence-corrected chi connectivity index (χ4v) is 11.9. The van der Waals surface area contributed by atoms with Gasteiger partial charge in [0.2, 0.25) is 19.7 Å². The van der Waals surface area contributed by atoms with Crippen molar-refractivity contribution in [3.8, 4) is 11.1 Å². The lowest BCUT2D eigenvalue weighted by Crippen LogP contribution is -2.04. The molecule has 0 aliphatic carbocycles. The molecule has 2 aromatic carbocycles. The highest BCUT2D eigenvalue weighted by Gasteiger charge is 2.24. The number of pyridine rings is 1. The molecule has 5 rings (SSSR count). The molecule has 0 radical (unpaired) electrons. The van der Waals surface area contributed by atoms with Gasteiger partial charge in [-0.25, -0.2) is 33.7 Å². The Morgan fingerprint density at radius 3 is 1.53 bits per heavy atom. The number of hydrogen-bond donors (Lipinski definition) is 1. The van der Waals surface area contributed by atoms with E-state index < -0.39 is 39.3 Å². The zero-order chi connectivity index (χ0) is 34.8. The molecule has 0 saturated carbocycles. The van der Waals surface area contributed by atoms with E-state index in [0.29, 0.717) is 15.6 Å². The van der Waals surface area contributed by atoms with E-state index in [1.165, 1.54) is 53.8 Å². The second-order valence-electron chi connectivity index (χ2n) is 10.1. The van der Waals surface area contributed by atoms with E-state index in [4.69, 9.17) is 5.73 Å². The van der Waals surface area contributed by atoms with Crippen molar-refractivity contribution in [1.29, 1.82) is 0 Å². The minimum Gasteiger partial charge on any atom is -0.326 e. The molecule has 0 unspecified atom stereocenters. The number of benzene rings is 2. The first kappa shape index (κ1) is 37.1. The number of nitrogens with zero attached hydrogens (tertiary/aromatic N) is 1. The summed E-state index contributed by atoms with van der Waals surface area (Å²) in [5.41, 5.74) is 6.72. The number of rotatable bonds is 9. The highest BCUT2D eigenvalue weighted by molar-refractivity contribution is 9.10. The van der Waals surface area contributed by atoms with Gasteiger partial charge in [-0.15, -0.1) is 22.7 Å². The summed E-state index contributed by atoms with van der Waals surface area (Å²) >= 11 is 5.44. The summed E-state index contributed by atoms with van der Waals surface area (Å²) in [5.74, 6) is 0. The van der Waals surface area contributed by atoms with Crippen LogP contribution < -0.4 is 5.73 Å². The maximum atomic E-state index is 13.0. The van der Waals surface area contributed by atoms with Gasteiger partial charge in [-0.1, -0.05) is 22.9 Å². The molecule has 3 aromatic heterocycles. The first-order chi connectivity index (χ1) is 21.9. The smallest absolute Gasteiger partial charge is 0.216 e. The first-order valence-electron chi connectivity index (χ1n) is 13.5. The number of thiophene rings is 2. The molecule has 17 heteroatoms. The van der Waals surface area contributed by atoms with Crippen LogP contribution in [0.4, 0.5) is 0 Å². The van der Waals surface area contributed by atoms with Crippen LogP contribution in [-0.2, 0) is 52.3 Å². The van der Waals surface area contributed by atoms with Crippen LogP contribution >= 0.6 is 38.6 Å². The molecule has 0 atom stereocenters. The largest absolute Gasteiger partial charge is 0.326 e. The number of aromatic nitrogens is 1.